The summed E-state index contributed by atoms with van der Waals surface area (Å²) in [5.41, 5.74) is 5.92. The largest absolute Gasteiger partial charge is 0.309 e. The fraction of sp³-hybridized carbons (Fsp3) is 0. The Morgan fingerprint density at radius 2 is 0.733 bits per heavy atom. The van der Waals surface area contributed by atoms with Gasteiger partial charge in [-0.05, 0) is 103 Å². The molecule has 1 heteroatoms. The summed E-state index contributed by atoms with van der Waals surface area (Å²) >= 11 is 0. The fourth-order valence-corrected chi connectivity index (χ4v) is 6.88. The van der Waals surface area contributed by atoms with Crippen LogP contribution in [0.4, 0.5) is 17.1 Å². The van der Waals surface area contributed by atoms with Gasteiger partial charge in [-0.25, -0.2) is 0 Å². The minimum Gasteiger partial charge on any atom is -0.309 e. The molecule has 0 bridgehead atoms. The van der Waals surface area contributed by atoms with Gasteiger partial charge in [0.1, 0.15) is 0 Å². The Morgan fingerprint density at radius 1 is 0.267 bits per heavy atom. The van der Waals surface area contributed by atoms with Gasteiger partial charge in [0.15, 0.2) is 0 Å². The zero-order chi connectivity index (χ0) is 29.7. The molecular weight excluding hydrogens is 542 g/mol. The zero-order valence-corrected chi connectivity index (χ0v) is 24.7. The standard InChI is InChI=1S/C44H29N/c1-3-11-32-25-36(20-19-30(32)9-1)37-22-24-41-38(27-37)15-7-17-43(41)45(40-23-21-31-10-2-4-13-34(31)28-40)44-18-8-16-39-26-33-12-5-6-14-35(33)29-42(39)44/h1-29H. The van der Waals surface area contributed by atoms with Gasteiger partial charge >= 0.3 is 0 Å². The Morgan fingerprint density at radius 3 is 1.42 bits per heavy atom. The van der Waals surface area contributed by atoms with E-state index in [9.17, 15) is 0 Å². The summed E-state index contributed by atoms with van der Waals surface area (Å²) < 4.78 is 0. The topological polar surface area (TPSA) is 3.24 Å². The van der Waals surface area contributed by atoms with Crippen LogP contribution in [0.1, 0.15) is 0 Å². The highest BCUT2D eigenvalue weighted by Crippen LogP contribution is 2.44. The first-order valence-electron chi connectivity index (χ1n) is 15.5. The molecule has 0 aliphatic rings. The van der Waals surface area contributed by atoms with Gasteiger partial charge < -0.3 is 4.90 Å². The first-order chi connectivity index (χ1) is 22.3. The van der Waals surface area contributed by atoms with Crippen molar-refractivity contribution in [2.45, 2.75) is 0 Å². The second-order valence-corrected chi connectivity index (χ2v) is 11.8. The Balaban J connectivity index is 1.28. The van der Waals surface area contributed by atoms with E-state index in [0.717, 1.165) is 11.4 Å². The number of hydrogen-bond donors (Lipinski definition) is 0. The van der Waals surface area contributed by atoms with Crippen LogP contribution in [-0.2, 0) is 0 Å². The van der Waals surface area contributed by atoms with Crippen molar-refractivity contribution in [3.05, 3.63) is 176 Å². The smallest absolute Gasteiger partial charge is 0.0540 e. The molecule has 9 aromatic rings. The lowest BCUT2D eigenvalue weighted by atomic mass is 9.97. The summed E-state index contributed by atoms with van der Waals surface area (Å²) in [6, 6.07) is 64.3. The molecule has 45 heavy (non-hydrogen) atoms. The third-order valence-corrected chi connectivity index (χ3v) is 9.14. The third kappa shape index (κ3) is 4.41. The molecule has 210 valence electrons. The fourth-order valence-electron chi connectivity index (χ4n) is 6.88. The SMILES string of the molecule is c1ccc2cc(-c3ccc4c(N(c5ccc6ccccc6c5)c5cccc6cc7ccccc7cc56)cccc4c3)ccc2c1. The van der Waals surface area contributed by atoms with Gasteiger partial charge in [-0.1, -0.05) is 127 Å². The number of rotatable bonds is 4. The predicted octanol–water partition coefficient (Wildman–Crippen LogP) is 12.6. The predicted molar refractivity (Wildman–Crippen MR) is 194 cm³/mol. The van der Waals surface area contributed by atoms with Crippen molar-refractivity contribution in [1.82, 2.24) is 0 Å². The van der Waals surface area contributed by atoms with Gasteiger partial charge in [-0.3, -0.25) is 0 Å². The molecule has 0 aliphatic heterocycles. The van der Waals surface area contributed by atoms with Gasteiger partial charge in [0, 0.05) is 16.5 Å². The van der Waals surface area contributed by atoms with Crippen LogP contribution in [0.25, 0.3) is 65.0 Å². The van der Waals surface area contributed by atoms with Gasteiger partial charge in [0.25, 0.3) is 0 Å². The number of hydrogen-bond acceptors (Lipinski definition) is 1. The van der Waals surface area contributed by atoms with Crippen molar-refractivity contribution in [2.24, 2.45) is 0 Å². The van der Waals surface area contributed by atoms with Crippen LogP contribution >= 0.6 is 0 Å². The number of benzene rings is 9. The van der Waals surface area contributed by atoms with Crippen molar-refractivity contribution >= 4 is 70.9 Å². The molecule has 0 N–H and O–H groups in total. The summed E-state index contributed by atoms with van der Waals surface area (Å²) in [6.07, 6.45) is 0. The molecule has 0 aromatic heterocycles. The first-order valence-corrected chi connectivity index (χ1v) is 15.5. The van der Waals surface area contributed by atoms with Crippen LogP contribution in [0.5, 0.6) is 0 Å². The van der Waals surface area contributed by atoms with Crippen LogP contribution < -0.4 is 4.90 Å². The number of nitrogens with zero attached hydrogens (tertiary/aromatic N) is 1. The molecule has 0 heterocycles. The van der Waals surface area contributed by atoms with Crippen molar-refractivity contribution in [3.63, 3.8) is 0 Å². The maximum Gasteiger partial charge on any atom is 0.0540 e. The monoisotopic (exact) mass is 571 g/mol. The number of anilines is 3. The number of fused-ring (bicyclic) bond motifs is 5. The minimum absolute atomic E-state index is 1.14. The van der Waals surface area contributed by atoms with E-state index in [4.69, 9.17) is 0 Å². The van der Waals surface area contributed by atoms with Crippen LogP contribution in [0.2, 0.25) is 0 Å². The maximum atomic E-state index is 2.45. The van der Waals surface area contributed by atoms with Crippen molar-refractivity contribution < 1.29 is 0 Å². The molecule has 9 aromatic carbocycles. The second kappa shape index (κ2) is 10.4. The quantitative estimate of drug-likeness (QED) is 0.190. The molecule has 0 unspecified atom stereocenters. The molecule has 0 saturated heterocycles. The van der Waals surface area contributed by atoms with Crippen LogP contribution in [0.15, 0.2) is 176 Å². The van der Waals surface area contributed by atoms with Gasteiger partial charge in [0.2, 0.25) is 0 Å². The molecule has 0 aliphatic carbocycles. The molecule has 0 saturated carbocycles. The van der Waals surface area contributed by atoms with Crippen LogP contribution in [0, 0.1) is 0 Å². The van der Waals surface area contributed by atoms with E-state index >= 15 is 0 Å². The van der Waals surface area contributed by atoms with Gasteiger partial charge in [-0.2, -0.15) is 0 Å². The van der Waals surface area contributed by atoms with Crippen molar-refractivity contribution in [3.8, 4) is 11.1 Å². The van der Waals surface area contributed by atoms with Crippen LogP contribution in [-0.4, -0.2) is 0 Å². The maximum absolute atomic E-state index is 2.45. The summed E-state index contributed by atoms with van der Waals surface area (Å²) in [6.45, 7) is 0. The normalized spacial score (nSPS) is 11.6. The van der Waals surface area contributed by atoms with Gasteiger partial charge in [0.05, 0.1) is 11.4 Å². The second-order valence-electron chi connectivity index (χ2n) is 11.8. The summed E-state index contributed by atoms with van der Waals surface area (Å²) in [7, 11) is 0. The lowest BCUT2D eigenvalue weighted by Crippen LogP contribution is -2.11. The van der Waals surface area contributed by atoms with Crippen molar-refractivity contribution in [2.75, 3.05) is 4.90 Å². The average Bonchev–Trinajstić information content (AvgIpc) is 3.10. The van der Waals surface area contributed by atoms with E-state index in [2.05, 4.69) is 181 Å². The molecule has 0 amide bonds. The summed E-state index contributed by atoms with van der Waals surface area (Å²) in [5.74, 6) is 0. The Bertz CT molecular complexity index is 2560. The van der Waals surface area contributed by atoms with E-state index in [-0.39, 0.29) is 0 Å². The summed E-state index contributed by atoms with van der Waals surface area (Å²) in [4.78, 5) is 2.45. The zero-order valence-electron chi connectivity index (χ0n) is 24.7. The highest BCUT2D eigenvalue weighted by molar-refractivity contribution is 6.09. The molecule has 9 rings (SSSR count). The molecule has 1 nitrogen and oxygen atoms in total. The van der Waals surface area contributed by atoms with E-state index in [1.165, 1.54) is 70.7 Å². The Hall–Kier alpha value is -5.92. The van der Waals surface area contributed by atoms with E-state index in [0.29, 0.717) is 0 Å². The molecule has 0 atom stereocenters. The first kappa shape index (κ1) is 25.6. The van der Waals surface area contributed by atoms with Crippen molar-refractivity contribution in [1.29, 1.82) is 0 Å². The Kier molecular flexibility index (Phi) is 5.89. The van der Waals surface area contributed by atoms with Crippen LogP contribution in [0.3, 0.4) is 0 Å². The lowest BCUT2D eigenvalue weighted by molar-refractivity contribution is 1.32. The van der Waals surface area contributed by atoms with E-state index in [1.54, 1.807) is 0 Å². The average molecular weight is 572 g/mol. The highest BCUT2D eigenvalue weighted by Gasteiger charge is 2.19. The third-order valence-electron chi connectivity index (χ3n) is 9.14. The lowest BCUT2D eigenvalue weighted by Gasteiger charge is -2.28. The van der Waals surface area contributed by atoms with E-state index in [1.807, 2.05) is 0 Å². The van der Waals surface area contributed by atoms with E-state index < -0.39 is 0 Å². The van der Waals surface area contributed by atoms with Gasteiger partial charge in [-0.15, -0.1) is 0 Å². The Labute approximate surface area is 262 Å². The minimum atomic E-state index is 1.14. The molecule has 0 spiro atoms. The molecule has 0 fully saturated rings. The molecule has 0 radical (unpaired) electrons. The molecular formula is C44H29N. The summed E-state index contributed by atoms with van der Waals surface area (Å²) in [5, 5.41) is 12.4. The highest BCUT2D eigenvalue weighted by atomic mass is 15.1.